The lowest BCUT2D eigenvalue weighted by molar-refractivity contribution is 0.0899. The summed E-state index contributed by atoms with van der Waals surface area (Å²) in [5.41, 5.74) is 0.809. The fraction of sp³-hybridized carbons (Fsp3) is 0.462. The van der Waals surface area contributed by atoms with E-state index in [-0.39, 0.29) is 27.1 Å². The molecule has 1 aliphatic rings. The monoisotopic (exact) mass is 361 g/mol. The lowest BCUT2D eigenvalue weighted by atomic mass is 9.89. The van der Waals surface area contributed by atoms with E-state index < -0.39 is 0 Å². The zero-order valence-electron chi connectivity index (χ0n) is 9.86. The molecule has 0 bridgehead atoms. The van der Waals surface area contributed by atoms with Crippen LogP contribution in [0.1, 0.15) is 23.2 Å². The molecular formula is C13H17Br2NO. The summed E-state index contributed by atoms with van der Waals surface area (Å²) >= 11 is 3.65. The minimum Gasteiger partial charge on any atom is -0.306 e. The predicted octanol–water partition coefficient (Wildman–Crippen LogP) is 3.31. The van der Waals surface area contributed by atoms with E-state index in [2.05, 4.69) is 27.9 Å². The smallest absolute Gasteiger partial charge is 0.179 e. The van der Waals surface area contributed by atoms with Gasteiger partial charge >= 0.3 is 0 Å². The third-order valence-electron chi connectivity index (χ3n) is 3.22. The van der Waals surface area contributed by atoms with Crippen molar-refractivity contribution in [3.8, 4) is 0 Å². The third kappa shape index (κ3) is 3.39. The maximum Gasteiger partial charge on any atom is 0.179 e. The average molecular weight is 363 g/mol. The van der Waals surface area contributed by atoms with Gasteiger partial charge in [0.05, 0.1) is 4.32 Å². The van der Waals surface area contributed by atoms with Crippen LogP contribution in [0.4, 0.5) is 0 Å². The van der Waals surface area contributed by atoms with Crippen LogP contribution in [-0.4, -0.2) is 35.1 Å². The molecule has 1 aromatic carbocycles. The lowest BCUT2D eigenvalue weighted by Crippen LogP contribution is -2.43. The second-order valence-corrected chi connectivity index (χ2v) is 5.98. The molecule has 1 aromatic rings. The first-order chi connectivity index (χ1) is 7.62. The van der Waals surface area contributed by atoms with Crippen LogP contribution in [0.3, 0.4) is 0 Å². The van der Waals surface area contributed by atoms with Crippen molar-refractivity contribution in [1.29, 1.82) is 0 Å². The highest BCUT2D eigenvalue weighted by molar-refractivity contribution is 9.10. The van der Waals surface area contributed by atoms with Crippen LogP contribution in [0.25, 0.3) is 0 Å². The molecule has 2 rings (SSSR count). The van der Waals surface area contributed by atoms with Crippen molar-refractivity contribution < 1.29 is 4.79 Å². The van der Waals surface area contributed by atoms with Crippen LogP contribution >= 0.6 is 32.9 Å². The lowest BCUT2D eigenvalue weighted by Gasteiger charge is -2.35. The zero-order chi connectivity index (χ0) is 11.6. The minimum absolute atomic E-state index is 0. The van der Waals surface area contributed by atoms with Crippen molar-refractivity contribution in [3.63, 3.8) is 0 Å². The first-order valence-corrected chi connectivity index (χ1v) is 6.38. The quantitative estimate of drug-likeness (QED) is 0.594. The number of carbonyl (C=O) groups is 1. The number of nitrogens with zero attached hydrogens (tertiary/aromatic N) is 1. The molecule has 0 unspecified atom stereocenters. The number of hydrogen-bond donors (Lipinski definition) is 0. The second kappa shape index (κ2) is 6.12. The minimum atomic E-state index is -0.346. The summed E-state index contributed by atoms with van der Waals surface area (Å²) in [4.78, 5) is 14.6. The Kier molecular flexibility index (Phi) is 5.35. The largest absolute Gasteiger partial charge is 0.306 e. The van der Waals surface area contributed by atoms with Crippen molar-refractivity contribution in [2.75, 3.05) is 20.1 Å². The molecule has 0 spiro atoms. The Morgan fingerprint density at radius 2 is 1.76 bits per heavy atom. The van der Waals surface area contributed by atoms with Crippen LogP contribution in [0.2, 0.25) is 0 Å². The van der Waals surface area contributed by atoms with E-state index in [9.17, 15) is 4.79 Å². The molecule has 0 N–H and O–H groups in total. The van der Waals surface area contributed by atoms with Gasteiger partial charge in [0.2, 0.25) is 0 Å². The molecular weight excluding hydrogens is 346 g/mol. The normalized spacial score (nSPS) is 19.4. The van der Waals surface area contributed by atoms with Gasteiger partial charge in [-0.05, 0) is 33.0 Å². The van der Waals surface area contributed by atoms with Crippen LogP contribution in [0.15, 0.2) is 30.3 Å². The molecule has 0 atom stereocenters. The van der Waals surface area contributed by atoms with Gasteiger partial charge in [-0.2, -0.15) is 0 Å². The number of alkyl halides is 1. The number of rotatable bonds is 2. The Labute approximate surface area is 121 Å². The maximum atomic E-state index is 12.4. The van der Waals surface area contributed by atoms with Crippen molar-refractivity contribution in [2.45, 2.75) is 17.2 Å². The summed E-state index contributed by atoms with van der Waals surface area (Å²) in [7, 11) is 2.10. The molecule has 1 aliphatic heterocycles. The Morgan fingerprint density at radius 1 is 1.24 bits per heavy atom. The molecule has 0 radical (unpaired) electrons. The molecule has 0 amide bonds. The van der Waals surface area contributed by atoms with Crippen molar-refractivity contribution in [2.24, 2.45) is 0 Å². The number of hydrogen-bond acceptors (Lipinski definition) is 2. The van der Waals surface area contributed by atoms with Crippen LogP contribution in [0, 0.1) is 0 Å². The fourth-order valence-electron chi connectivity index (χ4n) is 2.05. The van der Waals surface area contributed by atoms with Crippen LogP contribution < -0.4 is 0 Å². The topological polar surface area (TPSA) is 20.3 Å². The second-order valence-electron chi connectivity index (χ2n) is 4.46. The Hall–Kier alpha value is -0.190. The summed E-state index contributed by atoms with van der Waals surface area (Å²) in [6, 6.07) is 9.55. The average Bonchev–Trinajstić information content (AvgIpc) is 2.33. The number of carbonyl (C=O) groups excluding carboxylic acids is 1. The van der Waals surface area contributed by atoms with Gasteiger partial charge in [0.25, 0.3) is 0 Å². The molecule has 1 heterocycles. The molecule has 1 fully saturated rings. The molecule has 94 valence electrons. The van der Waals surface area contributed by atoms with Crippen molar-refractivity contribution in [3.05, 3.63) is 35.9 Å². The first kappa shape index (κ1) is 14.9. The van der Waals surface area contributed by atoms with E-state index >= 15 is 0 Å². The maximum absolute atomic E-state index is 12.4. The third-order valence-corrected chi connectivity index (χ3v) is 4.38. The molecule has 1 saturated heterocycles. The summed E-state index contributed by atoms with van der Waals surface area (Å²) < 4.78 is -0.346. The van der Waals surface area contributed by atoms with E-state index in [4.69, 9.17) is 0 Å². The van der Waals surface area contributed by atoms with Gasteiger partial charge in [-0.15, -0.1) is 17.0 Å². The summed E-state index contributed by atoms with van der Waals surface area (Å²) in [5.74, 6) is 0.223. The Morgan fingerprint density at radius 3 is 2.29 bits per heavy atom. The first-order valence-electron chi connectivity index (χ1n) is 5.59. The number of piperidine rings is 1. The number of benzene rings is 1. The predicted molar refractivity (Wildman–Crippen MR) is 79.5 cm³/mol. The fourth-order valence-corrected chi connectivity index (χ4v) is 2.63. The van der Waals surface area contributed by atoms with Gasteiger partial charge in [0.1, 0.15) is 0 Å². The summed E-state index contributed by atoms with van der Waals surface area (Å²) in [6.07, 6.45) is 1.77. The zero-order valence-corrected chi connectivity index (χ0v) is 13.2. The molecule has 4 heteroatoms. The van der Waals surface area contributed by atoms with Gasteiger partial charge in [-0.25, -0.2) is 0 Å². The van der Waals surface area contributed by atoms with Gasteiger partial charge in [0.15, 0.2) is 5.78 Å². The molecule has 0 aromatic heterocycles. The standard InChI is InChI=1S/C13H16BrNO.BrH/c1-15-9-7-13(14,8-10-15)12(16)11-5-3-2-4-6-11;/h2-6H,7-10H2,1H3;1H. The molecule has 0 aliphatic carbocycles. The van der Waals surface area contributed by atoms with E-state index in [1.54, 1.807) is 0 Å². The van der Waals surface area contributed by atoms with Crippen LogP contribution in [0.5, 0.6) is 0 Å². The van der Waals surface area contributed by atoms with Crippen LogP contribution in [-0.2, 0) is 0 Å². The van der Waals surface area contributed by atoms with E-state index in [1.807, 2.05) is 30.3 Å². The highest BCUT2D eigenvalue weighted by Gasteiger charge is 2.38. The van der Waals surface area contributed by atoms with Gasteiger partial charge in [-0.1, -0.05) is 46.3 Å². The SMILES string of the molecule is Br.CN1CCC(Br)(C(=O)c2ccccc2)CC1. The summed E-state index contributed by atoms with van der Waals surface area (Å²) in [5, 5.41) is 0. The highest BCUT2D eigenvalue weighted by atomic mass is 79.9. The Bertz CT molecular complexity index is 372. The number of ketones is 1. The van der Waals surface area contributed by atoms with Gasteiger partial charge in [-0.3, -0.25) is 4.79 Å². The van der Waals surface area contributed by atoms with Gasteiger partial charge < -0.3 is 4.90 Å². The molecule has 2 nitrogen and oxygen atoms in total. The number of halogens is 2. The van der Waals surface area contributed by atoms with Gasteiger partial charge in [0, 0.05) is 5.56 Å². The Balaban J connectivity index is 0.00000144. The van der Waals surface area contributed by atoms with Crippen molar-refractivity contribution >= 4 is 38.7 Å². The molecule has 0 saturated carbocycles. The molecule has 17 heavy (non-hydrogen) atoms. The summed E-state index contributed by atoms with van der Waals surface area (Å²) in [6.45, 7) is 1.95. The number of Topliss-reactive ketones (excluding diaryl/α,β-unsaturated/α-hetero) is 1. The highest BCUT2D eigenvalue weighted by Crippen LogP contribution is 2.34. The van der Waals surface area contributed by atoms with E-state index in [1.165, 1.54) is 0 Å². The van der Waals surface area contributed by atoms with E-state index in [0.29, 0.717) is 0 Å². The number of likely N-dealkylation sites (tertiary alicyclic amines) is 1. The van der Waals surface area contributed by atoms with E-state index in [0.717, 1.165) is 31.5 Å². The van der Waals surface area contributed by atoms with Crippen molar-refractivity contribution in [1.82, 2.24) is 4.90 Å².